The zero-order valence-corrected chi connectivity index (χ0v) is 13.5. The van der Waals surface area contributed by atoms with Crippen LogP contribution < -0.4 is 5.32 Å². The predicted molar refractivity (Wildman–Crippen MR) is 83.4 cm³/mol. The lowest BCUT2D eigenvalue weighted by Gasteiger charge is -2.40. The van der Waals surface area contributed by atoms with Gasteiger partial charge in [-0.15, -0.1) is 0 Å². The zero-order valence-electron chi connectivity index (χ0n) is 12.7. The van der Waals surface area contributed by atoms with E-state index in [1.807, 2.05) is 6.92 Å². The maximum absolute atomic E-state index is 12.7. The molecule has 3 rings (SSSR count). The van der Waals surface area contributed by atoms with Gasteiger partial charge in [0.1, 0.15) is 6.17 Å². The van der Waals surface area contributed by atoms with Gasteiger partial charge in [0, 0.05) is 32.2 Å². The molecule has 0 aliphatic carbocycles. The Balaban J connectivity index is 0.000000160. The Morgan fingerprint density at radius 3 is 2.14 bits per heavy atom. The van der Waals surface area contributed by atoms with Crippen molar-refractivity contribution < 1.29 is 17.4 Å². The number of aryl methyl sites for hydroxylation is 1. The number of halogens is 1. The third-order valence-electron chi connectivity index (χ3n) is 4.05. The average Bonchev–Trinajstić information content (AvgIpc) is 2.39. The second-order valence-electron chi connectivity index (χ2n) is 5.81. The van der Waals surface area contributed by atoms with E-state index in [2.05, 4.69) is 10.2 Å². The van der Waals surface area contributed by atoms with E-state index in [0.717, 1.165) is 44.6 Å². The number of benzene rings is 1. The first-order chi connectivity index (χ1) is 10.4. The summed E-state index contributed by atoms with van der Waals surface area (Å²) in [5.41, 5.74) is 0.956. The van der Waals surface area contributed by atoms with Gasteiger partial charge in [-0.05, 0) is 31.9 Å². The van der Waals surface area contributed by atoms with Crippen LogP contribution in [0.3, 0.4) is 0 Å². The van der Waals surface area contributed by atoms with Crippen molar-refractivity contribution in [3.63, 3.8) is 0 Å². The van der Waals surface area contributed by atoms with Crippen LogP contribution in [0.5, 0.6) is 0 Å². The highest BCUT2D eigenvalue weighted by Gasteiger charge is 2.28. The van der Waals surface area contributed by atoms with Gasteiger partial charge in [0.05, 0.1) is 4.90 Å². The third kappa shape index (κ3) is 5.01. The van der Waals surface area contributed by atoms with Crippen LogP contribution in [0.1, 0.15) is 18.4 Å². The number of alkyl halides is 1. The highest BCUT2D eigenvalue weighted by atomic mass is 32.2. The van der Waals surface area contributed by atoms with Crippen molar-refractivity contribution in [2.75, 3.05) is 26.2 Å². The molecule has 0 radical (unpaired) electrons. The molecule has 2 aliphatic rings. The smallest absolute Gasteiger partial charge is 0.294 e. The van der Waals surface area contributed by atoms with Crippen LogP contribution in [0.15, 0.2) is 29.2 Å². The number of nitrogens with zero attached hydrogens (tertiary/aromatic N) is 1. The molecule has 7 heteroatoms. The van der Waals surface area contributed by atoms with Crippen LogP contribution in [0.4, 0.5) is 4.39 Å². The van der Waals surface area contributed by atoms with Crippen molar-refractivity contribution in [3.05, 3.63) is 29.8 Å². The lowest BCUT2D eigenvalue weighted by Crippen LogP contribution is -2.58. The van der Waals surface area contributed by atoms with E-state index in [0.29, 0.717) is 6.04 Å². The lowest BCUT2D eigenvalue weighted by atomic mass is 10.0. The molecule has 2 saturated heterocycles. The number of hydrogen-bond donors (Lipinski definition) is 2. The molecule has 0 unspecified atom stereocenters. The number of nitrogens with one attached hydrogen (secondary N) is 1. The van der Waals surface area contributed by atoms with E-state index in [1.165, 1.54) is 12.1 Å². The average molecular weight is 330 g/mol. The van der Waals surface area contributed by atoms with Gasteiger partial charge >= 0.3 is 0 Å². The largest absolute Gasteiger partial charge is 0.314 e. The fourth-order valence-corrected chi connectivity index (χ4v) is 2.95. The normalized spacial score (nSPS) is 20.9. The molecule has 0 aromatic heterocycles. The lowest BCUT2D eigenvalue weighted by molar-refractivity contribution is 0.0847. The summed E-state index contributed by atoms with van der Waals surface area (Å²) in [5.74, 6) is 0. The predicted octanol–water partition coefficient (Wildman–Crippen LogP) is 1.63. The Morgan fingerprint density at radius 1 is 1.18 bits per heavy atom. The number of rotatable bonds is 2. The first-order valence-electron chi connectivity index (χ1n) is 7.49. The van der Waals surface area contributed by atoms with E-state index < -0.39 is 16.3 Å². The first kappa shape index (κ1) is 17.3. The number of likely N-dealkylation sites (tertiary alicyclic amines) is 1. The molecule has 22 heavy (non-hydrogen) atoms. The van der Waals surface area contributed by atoms with Crippen molar-refractivity contribution in [3.8, 4) is 0 Å². The van der Waals surface area contributed by atoms with Crippen LogP contribution in [-0.2, 0) is 10.1 Å². The maximum atomic E-state index is 12.7. The molecule has 1 aromatic carbocycles. The van der Waals surface area contributed by atoms with Crippen molar-refractivity contribution in [1.82, 2.24) is 10.2 Å². The standard InChI is InChI=1S/C8H15FN2.C7H8O3S/c9-7-1-3-11(4-2-7)8-5-10-6-8;1-6-2-4-7(5-3-6)11(8,9)10/h7-8,10H,1-6H2;2-5H,1H3,(H,8,9,10). The van der Waals surface area contributed by atoms with Crippen molar-refractivity contribution in [2.45, 2.75) is 36.9 Å². The van der Waals surface area contributed by atoms with Gasteiger partial charge in [0.15, 0.2) is 0 Å². The van der Waals surface area contributed by atoms with Gasteiger partial charge in [0.2, 0.25) is 0 Å². The fourth-order valence-electron chi connectivity index (χ4n) is 2.47. The summed E-state index contributed by atoms with van der Waals surface area (Å²) in [6.07, 6.45) is 0.965. The maximum Gasteiger partial charge on any atom is 0.294 e. The molecule has 2 heterocycles. The number of hydrogen-bond acceptors (Lipinski definition) is 4. The van der Waals surface area contributed by atoms with Gasteiger partial charge in [-0.3, -0.25) is 9.45 Å². The molecule has 1 aromatic rings. The minimum Gasteiger partial charge on any atom is -0.314 e. The Bertz CT molecular complexity index is 565. The molecule has 5 nitrogen and oxygen atoms in total. The van der Waals surface area contributed by atoms with Crippen LogP contribution in [0.2, 0.25) is 0 Å². The summed E-state index contributed by atoms with van der Waals surface area (Å²) in [5, 5.41) is 3.23. The van der Waals surface area contributed by atoms with E-state index in [1.54, 1.807) is 12.1 Å². The fraction of sp³-hybridized carbons (Fsp3) is 0.600. The highest BCUT2D eigenvalue weighted by Crippen LogP contribution is 2.16. The molecular formula is C15H23FN2O3S. The molecule has 0 spiro atoms. The second-order valence-corrected chi connectivity index (χ2v) is 7.23. The minimum absolute atomic E-state index is 0.0666. The summed E-state index contributed by atoms with van der Waals surface area (Å²) in [7, 11) is -4.02. The van der Waals surface area contributed by atoms with E-state index in [4.69, 9.17) is 4.55 Å². The molecule has 0 amide bonds. The Kier molecular flexibility index (Phi) is 5.91. The van der Waals surface area contributed by atoms with Gasteiger partial charge in [-0.1, -0.05) is 17.7 Å². The van der Waals surface area contributed by atoms with E-state index >= 15 is 0 Å². The third-order valence-corrected chi connectivity index (χ3v) is 4.92. The minimum atomic E-state index is -4.02. The Morgan fingerprint density at radius 2 is 1.73 bits per heavy atom. The quantitative estimate of drug-likeness (QED) is 0.807. The zero-order chi connectivity index (χ0) is 16.2. The van der Waals surface area contributed by atoms with Gasteiger partial charge in [0.25, 0.3) is 10.1 Å². The van der Waals surface area contributed by atoms with Gasteiger partial charge in [-0.2, -0.15) is 8.42 Å². The van der Waals surface area contributed by atoms with Gasteiger partial charge < -0.3 is 5.32 Å². The molecule has 0 bridgehead atoms. The second kappa shape index (κ2) is 7.50. The van der Waals surface area contributed by atoms with Crippen molar-refractivity contribution >= 4 is 10.1 Å². The topological polar surface area (TPSA) is 69.6 Å². The van der Waals surface area contributed by atoms with Crippen molar-refractivity contribution in [1.29, 1.82) is 0 Å². The summed E-state index contributed by atoms with van der Waals surface area (Å²) in [6, 6.07) is 6.70. The molecule has 0 atom stereocenters. The molecule has 2 aliphatic heterocycles. The molecule has 2 N–H and O–H groups in total. The molecule has 2 fully saturated rings. The molecule has 0 saturated carbocycles. The first-order valence-corrected chi connectivity index (χ1v) is 8.93. The summed E-state index contributed by atoms with van der Waals surface area (Å²) >= 11 is 0. The summed E-state index contributed by atoms with van der Waals surface area (Å²) < 4.78 is 42.3. The Hall–Kier alpha value is -1.02. The summed E-state index contributed by atoms with van der Waals surface area (Å²) in [6.45, 7) is 5.99. The van der Waals surface area contributed by atoms with Crippen LogP contribution in [-0.4, -0.2) is 56.3 Å². The van der Waals surface area contributed by atoms with Crippen LogP contribution in [0.25, 0.3) is 0 Å². The monoisotopic (exact) mass is 330 g/mol. The summed E-state index contributed by atoms with van der Waals surface area (Å²) in [4.78, 5) is 2.34. The SMILES string of the molecule is Cc1ccc(S(=O)(=O)O)cc1.FC1CCN(C2CNC2)CC1. The van der Waals surface area contributed by atoms with Crippen molar-refractivity contribution in [2.24, 2.45) is 0 Å². The number of piperidine rings is 1. The van der Waals surface area contributed by atoms with Gasteiger partial charge in [-0.25, -0.2) is 4.39 Å². The highest BCUT2D eigenvalue weighted by molar-refractivity contribution is 7.85. The molecular weight excluding hydrogens is 307 g/mol. The van der Waals surface area contributed by atoms with Crippen LogP contribution in [0, 0.1) is 6.92 Å². The Labute approximate surface area is 131 Å². The molecule has 124 valence electrons. The van der Waals surface area contributed by atoms with Crippen LogP contribution >= 0.6 is 0 Å². The van der Waals surface area contributed by atoms with E-state index in [9.17, 15) is 12.8 Å². The van der Waals surface area contributed by atoms with E-state index in [-0.39, 0.29) is 4.90 Å².